The van der Waals surface area contributed by atoms with Gasteiger partial charge in [-0.3, -0.25) is 4.98 Å². The summed E-state index contributed by atoms with van der Waals surface area (Å²) in [6.45, 7) is 0. The van der Waals surface area contributed by atoms with Gasteiger partial charge in [0.05, 0.1) is 14.1 Å². The van der Waals surface area contributed by atoms with Gasteiger partial charge in [-0.25, -0.2) is 0 Å². The molecule has 1 nitrogen and oxygen atoms in total. The van der Waals surface area contributed by atoms with Crippen LogP contribution in [0, 0.1) is 0 Å². The number of rotatable bonds is 3. The molecule has 3 rings (SSSR count). The Balaban J connectivity index is 1.85. The zero-order valence-corrected chi connectivity index (χ0v) is 15.9. The van der Waals surface area contributed by atoms with Crippen LogP contribution in [0.2, 0.25) is 0 Å². The average Bonchev–Trinajstić information content (AvgIpc) is 2.79. The van der Waals surface area contributed by atoms with Crippen LogP contribution >= 0.6 is 59.1 Å². The van der Waals surface area contributed by atoms with Crippen molar-refractivity contribution in [1.29, 1.82) is 0 Å². The fraction of sp³-hybridized carbons (Fsp3) is 0.133. The third-order valence-electron chi connectivity index (χ3n) is 3.02. The van der Waals surface area contributed by atoms with E-state index in [1.54, 1.807) is 11.3 Å². The highest BCUT2D eigenvalue weighted by molar-refractivity contribution is 9.13. The number of nitrogens with zero attached hydrogens (tertiary/aromatic N) is 1. The summed E-state index contributed by atoms with van der Waals surface area (Å²) in [6.07, 6.45) is 0.879. The first kappa shape index (κ1) is 14.7. The van der Waals surface area contributed by atoms with Crippen molar-refractivity contribution in [2.24, 2.45) is 0 Å². The van der Waals surface area contributed by atoms with Crippen LogP contribution in [-0.2, 0) is 6.42 Å². The first-order valence-electron chi connectivity index (χ1n) is 6.07. The Morgan fingerprint density at radius 2 is 1.90 bits per heavy atom. The summed E-state index contributed by atoms with van der Waals surface area (Å²) in [4.78, 5) is 6.29. The van der Waals surface area contributed by atoms with Crippen LogP contribution in [0.3, 0.4) is 0 Å². The molecule has 0 spiro atoms. The highest BCUT2D eigenvalue weighted by Crippen LogP contribution is 2.39. The smallest absolute Gasteiger partial charge is 0.0843 e. The highest BCUT2D eigenvalue weighted by atomic mass is 79.9. The average molecular weight is 476 g/mol. The topological polar surface area (TPSA) is 12.9 Å². The van der Waals surface area contributed by atoms with Gasteiger partial charge in [0.2, 0.25) is 0 Å². The van der Waals surface area contributed by atoms with E-state index in [0.717, 1.165) is 25.9 Å². The lowest BCUT2D eigenvalue weighted by Crippen LogP contribution is -1.96. The van der Waals surface area contributed by atoms with Gasteiger partial charge in [0.15, 0.2) is 0 Å². The van der Waals surface area contributed by atoms with Crippen molar-refractivity contribution in [3.05, 3.63) is 61.3 Å². The van der Waals surface area contributed by atoms with Crippen LogP contribution in [0.1, 0.15) is 15.4 Å². The quantitative estimate of drug-likeness (QED) is 0.394. The second-order valence-corrected chi connectivity index (χ2v) is 8.80. The third kappa shape index (κ3) is 3.16. The van der Waals surface area contributed by atoms with Gasteiger partial charge in [-0.1, -0.05) is 40.2 Å². The van der Waals surface area contributed by atoms with Crippen molar-refractivity contribution in [2.75, 3.05) is 0 Å². The minimum absolute atomic E-state index is 0.281. The molecule has 2 aromatic heterocycles. The van der Waals surface area contributed by atoms with E-state index in [0.29, 0.717) is 0 Å². The van der Waals surface area contributed by atoms with Crippen LogP contribution in [-0.4, -0.2) is 4.98 Å². The predicted octanol–water partition coefficient (Wildman–Crippen LogP) is 6.50. The molecule has 20 heavy (non-hydrogen) atoms. The fourth-order valence-corrected chi connectivity index (χ4v) is 4.84. The first-order valence-corrected chi connectivity index (χ1v) is 9.39. The highest BCUT2D eigenvalue weighted by Gasteiger charge is 2.14. The Morgan fingerprint density at radius 3 is 2.65 bits per heavy atom. The molecular weight excluding hydrogens is 466 g/mol. The zero-order valence-electron chi connectivity index (χ0n) is 10.3. The van der Waals surface area contributed by atoms with Crippen LogP contribution in [0.5, 0.6) is 0 Å². The number of pyridine rings is 1. The molecule has 1 atom stereocenters. The van der Waals surface area contributed by atoms with Crippen molar-refractivity contribution >= 4 is 70.0 Å². The Labute approximate surface area is 146 Å². The summed E-state index contributed by atoms with van der Waals surface area (Å²) in [6, 6.07) is 14.6. The molecule has 0 saturated carbocycles. The van der Waals surface area contributed by atoms with Crippen molar-refractivity contribution in [3.8, 4) is 0 Å². The molecule has 0 amide bonds. The molecule has 0 radical (unpaired) electrons. The molecule has 0 fully saturated rings. The normalized spacial score (nSPS) is 12.8. The molecule has 2 heterocycles. The molecule has 102 valence electrons. The maximum absolute atomic E-state index is 4.72. The summed E-state index contributed by atoms with van der Waals surface area (Å²) in [5.41, 5.74) is 2.16. The Morgan fingerprint density at radius 1 is 1.10 bits per heavy atom. The van der Waals surface area contributed by atoms with E-state index in [4.69, 9.17) is 4.98 Å². The van der Waals surface area contributed by atoms with Gasteiger partial charge in [-0.05, 0) is 50.1 Å². The van der Waals surface area contributed by atoms with Crippen LogP contribution < -0.4 is 0 Å². The first-order chi connectivity index (χ1) is 9.63. The molecule has 0 aliphatic rings. The molecule has 0 aliphatic carbocycles. The third-order valence-corrected chi connectivity index (χ3v) is 7.51. The number of hydrogen-bond acceptors (Lipinski definition) is 2. The molecule has 0 aliphatic heterocycles. The largest absolute Gasteiger partial charge is 0.253 e. The predicted molar refractivity (Wildman–Crippen MR) is 96.8 cm³/mol. The number of benzene rings is 1. The molecule has 0 bridgehead atoms. The summed E-state index contributed by atoms with van der Waals surface area (Å²) in [5.74, 6) is 0. The van der Waals surface area contributed by atoms with Crippen molar-refractivity contribution < 1.29 is 0 Å². The van der Waals surface area contributed by atoms with Crippen molar-refractivity contribution in [3.63, 3.8) is 0 Å². The molecule has 0 saturated heterocycles. The van der Waals surface area contributed by atoms with Crippen molar-refractivity contribution in [2.45, 2.75) is 11.2 Å². The second-order valence-electron chi connectivity index (χ2n) is 4.44. The van der Waals surface area contributed by atoms with E-state index in [1.165, 1.54) is 10.3 Å². The molecule has 1 aromatic carbocycles. The maximum atomic E-state index is 4.72. The SMILES string of the molecule is Brc1cc(C(Br)Cc2ccc3ccccc3n2)sc1Br. The van der Waals surface area contributed by atoms with E-state index >= 15 is 0 Å². The molecule has 0 N–H and O–H groups in total. The lowest BCUT2D eigenvalue weighted by Gasteiger charge is -2.08. The Hall–Kier alpha value is -0.230. The van der Waals surface area contributed by atoms with Crippen LogP contribution in [0.4, 0.5) is 0 Å². The zero-order chi connectivity index (χ0) is 14.1. The summed E-state index contributed by atoms with van der Waals surface area (Å²) < 4.78 is 2.23. The lowest BCUT2D eigenvalue weighted by molar-refractivity contribution is 0.929. The van der Waals surface area contributed by atoms with Gasteiger partial charge >= 0.3 is 0 Å². The van der Waals surface area contributed by atoms with Gasteiger partial charge in [0, 0.05) is 26.9 Å². The van der Waals surface area contributed by atoms with Gasteiger partial charge in [0.25, 0.3) is 0 Å². The standard InChI is InChI=1S/C15H10Br3NS/c16-11(14-8-12(17)15(18)20-14)7-10-6-5-9-3-1-2-4-13(9)19-10/h1-6,8,11H,7H2. The number of halogens is 3. The molecular formula is C15H10Br3NS. The molecule has 5 heteroatoms. The number of thiophene rings is 1. The summed E-state index contributed by atoms with van der Waals surface area (Å²) in [7, 11) is 0. The fourth-order valence-electron chi connectivity index (χ4n) is 2.02. The van der Waals surface area contributed by atoms with E-state index in [9.17, 15) is 0 Å². The molecule has 1 unspecified atom stereocenters. The summed E-state index contributed by atoms with van der Waals surface area (Å²) >= 11 is 12.6. The Bertz CT molecular complexity index is 734. The molecule has 3 aromatic rings. The van der Waals surface area contributed by atoms with E-state index in [2.05, 4.69) is 78.1 Å². The minimum Gasteiger partial charge on any atom is -0.253 e. The van der Waals surface area contributed by atoms with Gasteiger partial charge in [0.1, 0.15) is 0 Å². The van der Waals surface area contributed by atoms with Gasteiger partial charge in [-0.2, -0.15) is 0 Å². The number of para-hydroxylation sites is 1. The van der Waals surface area contributed by atoms with Gasteiger partial charge < -0.3 is 0 Å². The lowest BCUT2D eigenvalue weighted by atomic mass is 10.1. The maximum Gasteiger partial charge on any atom is 0.0843 e. The van der Waals surface area contributed by atoms with Crippen molar-refractivity contribution in [1.82, 2.24) is 4.98 Å². The summed E-state index contributed by atoms with van der Waals surface area (Å²) in [5, 5.41) is 1.18. The van der Waals surface area contributed by atoms with Crippen LogP contribution in [0.15, 0.2) is 50.7 Å². The van der Waals surface area contributed by atoms with Gasteiger partial charge in [-0.15, -0.1) is 11.3 Å². The number of alkyl halides is 1. The number of hydrogen-bond donors (Lipinski definition) is 0. The Kier molecular flexibility index (Phi) is 4.60. The van der Waals surface area contributed by atoms with Crippen LogP contribution in [0.25, 0.3) is 10.9 Å². The number of aromatic nitrogens is 1. The van der Waals surface area contributed by atoms with E-state index in [-0.39, 0.29) is 4.83 Å². The number of fused-ring (bicyclic) bond motifs is 1. The van der Waals surface area contributed by atoms with E-state index in [1.807, 2.05) is 12.1 Å². The monoisotopic (exact) mass is 473 g/mol. The van der Waals surface area contributed by atoms with E-state index < -0.39 is 0 Å². The minimum atomic E-state index is 0.281. The second kappa shape index (κ2) is 6.26.